The molecule has 0 saturated heterocycles. The van der Waals surface area contributed by atoms with E-state index in [0.29, 0.717) is 12.4 Å². The van der Waals surface area contributed by atoms with Gasteiger partial charge >= 0.3 is 0 Å². The first-order valence-corrected chi connectivity index (χ1v) is 15.4. The molecule has 3 atom stereocenters. The van der Waals surface area contributed by atoms with Crippen LogP contribution in [0.15, 0.2) is 47.2 Å². The molecule has 0 saturated carbocycles. The van der Waals surface area contributed by atoms with Crippen molar-refractivity contribution in [3.63, 3.8) is 0 Å². The number of amides is 1. The monoisotopic (exact) mass is 556 g/mol. The summed E-state index contributed by atoms with van der Waals surface area (Å²) in [6, 6.07) is 0. The normalized spacial score (nSPS) is 16.2. The summed E-state index contributed by atoms with van der Waals surface area (Å²) in [7, 11) is 4.87. The summed E-state index contributed by atoms with van der Waals surface area (Å²) in [4.78, 5) is 14.9. The maximum absolute atomic E-state index is 11.6. The van der Waals surface area contributed by atoms with Crippen molar-refractivity contribution in [1.82, 2.24) is 10.2 Å². The van der Waals surface area contributed by atoms with Crippen LogP contribution >= 0.6 is 11.8 Å². The number of nitrogens with one attached hydrogen (secondary N) is 1. The molecule has 0 aliphatic heterocycles. The molecule has 0 spiro atoms. The van der Waals surface area contributed by atoms with Crippen molar-refractivity contribution in [2.24, 2.45) is 5.92 Å². The summed E-state index contributed by atoms with van der Waals surface area (Å²) in [5.74, 6) is 1.40. The van der Waals surface area contributed by atoms with E-state index in [-0.39, 0.29) is 12.3 Å². The largest absolute Gasteiger partial charge is 0.499 e. The summed E-state index contributed by atoms with van der Waals surface area (Å²) in [5.41, 5.74) is 1.42. The lowest BCUT2D eigenvalue weighted by atomic mass is 9.90. The quantitative estimate of drug-likeness (QED) is 0.0685. The number of allylic oxidation sites excluding steroid dienone is 3. The van der Waals surface area contributed by atoms with Crippen LogP contribution in [-0.4, -0.2) is 64.3 Å². The summed E-state index contributed by atoms with van der Waals surface area (Å²) < 4.78 is 14.8. The molecule has 1 N–H and O–H groups in total. The molecule has 0 heterocycles. The van der Waals surface area contributed by atoms with Gasteiger partial charge in [0, 0.05) is 20.8 Å². The minimum absolute atomic E-state index is 0.000000000000000444. The Bertz CT molecular complexity index is 650. The van der Waals surface area contributed by atoms with Crippen molar-refractivity contribution in [2.75, 3.05) is 40.7 Å². The predicted molar refractivity (Wildman–Crippen MR) is 168 cm³/mol. The smallest absolute Gasteiger partial charge is 0.211 e. The molecule has 224 valence electrons. The highest BCUT2D eigenvalue weighted by Crippen LogP contribution is 2.34. The molecule has 0 bridgehead atoms. The summed E-state index contributed by atoms with van der Waals surface area (Å²) in [6.07, 6.45) is 18.0. The summed E-state index contributed by atoms with van der Waals surface area (Å²) in [5, 5.41) is 3.39. The molecule has 0 radical (unpaired) electrons. The van der Waals surface area contributed by atoms with E-state index in [0.717, 1.165) is 44.6 Å². The first-order chi connectivity index (χ1) is 18.4. The van der Waals surface area contributed by atoms with E-state index < -0.39 is 0 Å². The summed E-state index contributed by atoms with van der Waals surface area (Å²) >= 11 is 1.86. The van der Waals surface area contributed by atoms with E-state index in [9.17, 15) is 4.79 Å². The van der Waals surface area contributed by atoms with Crippen molar-refractivity contribution in [3.8, 4) is 0 Å². The van der Waals surface area contributed by atoms with Gasteiger partial charge in [-0.1, -0.05) is 67.0 Å². The number of rotatable bonds is 16. The molecule has 3 unspecified atom stereocenters. The average molecular weight is 557 g/mol. The third-order valence-electron chi connectivity index (χ3n) is 5.75. The molecule has 0 aromatic heterocycles. The van der Waals surface area contributed by atoms with Gasteiger partial charge in [-0.15, -0.1) is 11.8 Å². The van der Waals surface area contributed by atoms with Gasteiger partial charge in [-0.05, 0) is 73.6 Å². The number of unbranched alkanes of at least 4 members (excludes halogenated alkanes) is 2. The fraction of sp³-hybridized carbons (Fsp3) is 0.710. The van der Waals surface area contributed by atoms with Crippen molar-refractivity contribution < 1.29 is 19.0 Å². The number of hydrogen-bond donors (Lipinski definition) is 1. The minimum Gasteiger partial charge on any atom is -0.499 e. The molecule has 38 heavy (non-hydrogen) atoms. The Balaban J connectivity index is -0.000000859. The Morgan fingerprint density at radius 3 is 2.34 bits per heavy atom. The lowest BCUT2D eigenvalue weighted by Gasteiger charge is -2.27. The number of hydrogen-bond acceptors (Lipinski definition) is 6. The van der Waals surface area contributed by atoms with E-state index in [4.69, 9.17) is 14.2 Å². The zero-order chi connectivity index (χ0) is 29.8. The molecule has 0 fully saturated rings. The van der Waals surface area contributed by atoms with Gasteiger partial charge in [-0.2, -0.15) is 0 Å². The van der Waals surface area contributed by atoms with Gasteiger partial charge in [0.2, 0.25) is 6.41 Å². The molecule has 1 aliphatic carbocycles. The van der Waals surface area contributed by atoms with Crippen LogP contribution in [0.1, 0.15) is 87.0 Å². The van der Waals surface area contributed by atoms with Crippen LogP contribution in [-0.2, 0) is 19.0 Å². The third-order valence-corrected chi connectivity index (χ3v) is 6.71. The maximum Gasteiger partial charge on any atom is 0.211 e. The fourth-order valence-electron chi connectivity index (χ4n) is 3.41. The highest BCUT2D eigenvalue weighted by molar-refractivity contribution is 8.02. The van der Waals surface area contributed by atoms with E-state index in [1.54, 1.807) is 21.3 Å². The average Bonchev–Trinajstić information content (AvgIpc) is 2.96. The zero-order valence-corrected chi connectivity index (χ0v) is 27.3. The van der Waals surface area contributed by atoms with Crippen LogP contribution in [0.4, 0.5) is 0 Å². The van der Waals surface area contributed by atoms with Crippen molar-refractivity contribution in [1.29, 1.82) is 0 Å². The Labute approximate surface area is 240 Å². The Morgan fingerprint density at radius 2 is 1.87 bits per heavy atom. The van der Waals surface area contributed by atoms with Gasteiger partial charge in [0.25, 0.3) is 0 Å². The first-order valence-electron chi connectivity index (χ1n) is 14.2. The van der Waals surface area contributed by atoms with E-state index >= 15 is 0 Å². The topological polar surface area (TPSA) is 60.0 Å². The third kappa shape index (κ3) is 20.3. The second-order valence-corrected chi connectivity index (χ2v) is 9.33. The molecule has 1 rings (SSSR count). The van der Waals surface area contributed by atoms with E-state index in [1.807, 2.05) is 69.6 Å². The Morgan fingerprint density at radius 1 is 1.21 bits per heavy atom. The number of nitrogens with zero attached hydrogens (tertiary/aromatic N) is 1. The van der Waals surface area contributed by atoms with Crippen molar-refractivity contribution >= 4 is 18.2 Å². The van der Waals surface area contributed by atoms with Crippen LogP contribution in [0, 0.1) is 5.92 Å². The van der Waals surface area contributed by atoms with Crippen LogP contribution in [0.2, 0.25) is 0 Å². The number of methoxy groups -OCH3 is 3. The molecule has 0 aromatic carbocycles. The van der Waals surface area contributed by atoms with Gasteiger partial charge in [0.15, 0.2) is 0 Å². The molecule has 6 nitrogen and oxygen atoms in total. The second kappa shape index (κ2) is 29.9. The lowest BCUT2D eigenvalue weighted by Crippen LogP contribution is -2.42. The highest BCUT2D eigenvalue weighted by atomic mass is 32.2. The second-order valence-electron chi connectivity index (χ2n) is 8.43. The van der Waals surface area contributed by atoms with E-state index in [1.165, 1.54) is 23.3 Å². The minimum atomic E-state index is -0.143. The van der Waals surface area contributed by atoms with Crippen LogP contribution in [0.25, 0.3) is 0 Å². The molecule has 7 heteroatoms. The summed E-state index contributed by atoms with van der Waals surface area (Å²) in [6.45, 7) is 19.3. The number of carbonyl (C=O) groups is 1. The maximum atomic E-state index is 11.6. The van der Waals surface area contributed by atoms with Crippen LogP contribution in [0.3, 0.4) is 0 Å². The highest BCUT2D eigenvalue weighted by Gasteiger charge is 2.16. The predicted octanol–water partition coefficient (Wildman–Crippen LogP) is 7.94. The molecule has 1 amide bonds. The fourth-order valence-corrected chi connectivity index (χ4v) is 4.15. The molecular formula is C31H60N2O4S. The van der Waals surface area contributed by atoms with Gasteiger partial charge in [-0.25, -0.2) is 0 Å². The van der Waals surface area contributed by atoms with E-state index in [2.05, 4.69) is 38.1 Å². The first kappa shape index (κ1) is 40.8. The Kier molecular flexibility index (Phi) is 32.0. The lowest BCUT2D eigenvalue weighted by molar-refractivity contribution is -0.119. The standard InChI is InChI=1S/C21H36N2O2S.C6H12O2.2C2H6/c1-5-6-7-14-23(17-24)21(9-8-15-25-3)22-13-12-19-16-18(2)10-11-20(19)26-4;1-5(7-3)6(2)8-4;2*1-2/h8-9,12-13,17-18,21-22H,5-7,10-11,14-16H2,1-4H3;6H,1H2,2-4H3;2*1-2H3/b9-8+,13-12+;;;. The number of thioether (sulfide) groups is 1. The number of carbonyl (C=O) groups excluding carboxylic acids is 1. The van der Waals surface area contributed by atoms with Gasteiger partial charge in [-0.3, -0.25) is 4.79 Å². The van der Waals surface area contributed by atoms with Crippen molar-refractivity contribution in [3.05, 3.63) is 47.2 Å². The molecular weight excluding hydrogens is 496 g/mol. The van der Waals surface area contributed by atoms with Gasteiger partial charge in [0.1, 0.15) is 18.0 Å². The van der Waals surface area contributed by atoms with Gasteiger partial charge < -0.3 is 24.4 Å². The van der Waals surface area contributed by atoms with Crippen LogP contribution < -0.4 is 5.32 Å². The number of ether oxygens (including phenoxy) is 3. The zero-order valence-electron chi connectivity index (χ0n) is 26.5. The van der Waals surface area contributed by atoms with Crippen molar-refractivity contribution in [2.45, 2.75) is 99.3 Å². The molecule has 0 aromatic rings. The SMILES string of the molecule is C=C(OC)C(C)OC.CC.CC.CCCCCN(C=O)C(/C=C/COC)N/C=C/C1=C(SC)CCC(C)C1. The van der Waals surface area contributed by atoms with Crippen LogP contribution in [0.5, 0.6) is 0 Å². The molecule has 1 aliphatic rings. The van der Waals surface area contributed by atoms with Gasteiger partial charge in [0.05, 0.1) is 13.7 Å². The Hall–Kier alpha value is -1.70.